The van der Waals surface area contributed by atoms with Gasteiger partial charge in [0.2, 0.25) is 0 Å². The molecule has 0 bridgehead atoms. The van der Waals surface area contributed by atoms with Gasteiger partial charge in [0.25, 0.3) is 11.4 Å². The number of rotatable bonds is 4. The van der Waals surface area contributed by atoms with Crippen LogP contribution in [0.15, 0.2) is 294 Å². The van der Waals surface area contributed by atoms with E-state index < -0.39 is 4.92 Å². The second-order valence-electron chi connectivity index (χ2n) is 26.9. The minimum absolute atomic E-state index is 0.0995. The summed E-state index contributed by atoms with van der Waals surface area (Å²) in [4.78, 5) is 21.0. The molecule has 2 aliphatic rings. The highest BCUT2D eigenvalue weighted by atomic mass is 79.9. The van der Waals surface area contributed by atoms with Crippen LogP contribution in [-0.4, -0.2) is 28.2 Å². The predicted molar refractivity (Wildman–Crippen MR) is 452 cm³/mol. The van der Waals surface area contributed by atoms with E-state index in [2.05, 4.69) is 266 Å². The van der Waals surface area contributed by atoms with E-state index in [0.29, 0.717) is 10.0 Å². The normalized spacial score (nSPS) is 13.5. The number of halogens is 2. The summed E-state index contributed by atoms with van der Waals surface area (Å²) in [7, 11) is -0.354. The Labute approximate surface area is 631 Å². The van der Waals surface area contributed by atoms with Gasteiger partial charge < -0.3 is 9.31 Å². The van der Waals surface area contributed by atoms with Crippen molar-refractivity contribution in [3.63, 3.8) is 0 Å². The Hall–Kier alpha value is -10.0. The van der Waals surface area contributed by atoms with Gasteiger partial charge in [-0.1, -0.05) is 240 Å². The highest BCUT2D eigenvalue weighted by Crippen LogP contribution is 2.51. The van der Waals surface area contributed by atoms with E-state index in [1.807, 2.05) is 76.5 Å². The zero-order valence-corrected chi connectivity index (χ0v) is 63.1. The van der Waals surface area contributed by atoms with Crippen LogP contribution in [0.4, 0.5) is 11.4 Å². The molecule has 0 N–H and O–H groups in total. The third kappa shape index (κ3) is 11.8. The smallest absolute Gasteiger partial charge is 0.399 e. The molecule has 21 rings (SSSR count). The quantitative estimate of drug-likeness (QED) is 0.0987. The largest absolute Gasteiger partial charge is 0.495 e. The molecule has 504 valence electrons. The van der Waals surface area contributed by atoms with Crippen LogP contribution in [0.25, 0.3) is 146 Å². The molecule has 1 saturated heterocycles. The fraction of sp³-hybridized carbons (Fsp3) is 0.0787. The molecule has 104 heavy (non-hydrogen) atoms. The molecule has 8 nitrogen and oxygen atoms in total. The zero-order valence-electron chi connectivity index (χ0n) is 56.7. The fourth-order valence-electron chi connectivity index (χ4n) is 14.8. The summed E-state index contributed by atoms with van der Waals surface area (Å²) in [6, 6.07) is 97.6. The summed E-state index contributed by atoms with van der Waals surface area (Å²) in [5, 5.41) is 42.4. The van der Waals surface area contributed by atoms with Crippen LogP contribution in [0.3, 0.4) is 0 Å². The molecule has 0 radical (unpaired) electrons. The lowest BCUT2D eigenvalue weighted by Gasteiger charge is -2.32. The lowest BCUT2D eigenvalue weighted by atomic mass is 9.75. The summed E-state index contributed by atoms with van der Waals surface area (Å²) >= 11 is 14.2. The summed E-state index contributed by atoms with van der Waals surface area (Å²) in [5.41, 5.74) is 8.08. The van der Waals surface area contributed by atoms with Crippen molar-refractivity contribution < 1.29 is 19.2 Å². The minimum Gasteiger partial charge on any atom is -0.399 e. The number of hydrogen-bond acceptors (Lipinski definition) is 10. The van der Waals surface area contributed by atoms with Gasteiger partial charge in [0.1, 0.15) is 0 Å². The first-order chi connectivity index (χ1) is 50.6. The third-order valence-electron chi connectivity index (χ3n) is 20.4. The molecule has 15 aromatic carbocycles. The van der Waals surface area contributed by atoms with Crippen LogP contribution in [0.1, 0.15) is 38.8 Å². The van der Waals surface area contributed by atoms with Crippen LogP contribution < -0.4 is 5.46 Å². The van der Waals surface area contributed by atoms with Crippen molar-refractivity contribution in [2.24, 2.45) is 0 Å². The SMILES string of the molecule is Brc1cc2c3ccccc3sc2c2ccccc12.CC1(C)OB(c2cc3c4ccccc4sc3c3ccccc23)OC1(C)C.O=[N+]([O-])c1ccccc1-c1cc2c3ccccc3sc2c2ccccc12.O=[N+]([O-])c1ccccc1Br.c1ccc2c(c1)Cc1c-2c2ccccc2c2sc3ccccc3c12. The van der Waals surface area contributed by atoms with E-state index >= 15 is 0 Å². The highest BCUT2D eigenvalue weighted by Gasteiger charge is 2.52. The number of hydrogen-bond donors (Lipinski definition) is 0. The van der Waals surface area contributed by atoms with E-state index in [9.17, 15) is 20.2 Å². The molecule has 1 fully saturated rings. The van der Waals surface area contributed by atoms with Gasteiger partial charge >= 0.3 is 7.12 Å². The molecular formula is C89H61BBr2N2O6S4. The highest BCUT2D eigenvalue weighted by molar-refractivity contribution is 9.11. The van der Waals surface area contributed by atoms with Crippen molar-refractivity contribution in [3.8, 4) is 22.3 Å². The van der Waals surface area contributed by atoms with Gasteiger partial charge in [-0.3, -0.25) is 20.2 Å². The number of nitro groups is 2. The maximum absolute atomic E-state index is 11.6. The molecule has 15 heteroatoms. The Balaban J connectivity index is 0.0000000988. The number of nitrogens with zero attached hydrogens (tertiary/aromatic N) is 2. The average Bonchev–Trinajstić information content (AvgIpc) is 1.55. The average molecular weight is 1550 g/mol. The van der Waals surface area contributed by atoms with E-state index in [1.54, 1.807) is 41.7 Å². The molecule has 0 atom stereocenters. The second-order valence-corrected chi connectivity index (χ2v) is 32.8. The number of fused-ring (bicyclic) bond motifs is 25. The zero-order chi connectivity index (χ0) is 71.1. The Morgan fingerprint density at radius 2 is 0.721 bits per heavy atom. The Kier molecular flexibility index (Phi) is 17.6. The molecule has 0 unspecified atom stereocenters. The van der Waals surface area contributed by atoms with E-state index in [4.69, 9.17) is 9.31 Å². The van der Waals surface area contributed by atoms with E-state index in [1.165, 1.54) is 140 Å². The monoisotopic (exact) mass is 1550 g/mol. The molecule has 0 saturated carbocycles. The molecule has 5 heterocycles. The molecule has 1 aliphatic carbocycles. The molecule has 4 aromatic heterocycles. The van der Waals surface area contributed by atoms with Gasteiger partial charge in [0.05, 0.1) is 31.1 Å². The maximum Gasteiger partial charge on any atom is 0.495 e. The molecular weight excluding hydrogens is 1490 g/mol. The lowest BCUT2D eigenvalue weighted by molar-refractivity contribution is -0.385. The molecule has 0 spiro atoms. The standard InChI is InChI=1S/C23H14S.C22H21BO2S.C22H13NO2S.C16H9BrS.C6H4BrNO2/c1-2-8-15-14(7-1)13-19-21(15)16-9-3-4-10-17(16)23-22(19)18-11-5-6-12-20(18)24-23;1-21(2)22(3,4)25-23(24-21)18-13-17-15-10-7-8-12-19(15)26-20(17)16-11-6-5-9-14(16)18;24-23(25)20-11-5-3-8-15(20)18-13-19-16-9-4-6-12-21(16)26-22(19)17-10-2-1-7-14(17)18;17-14-9-13-11-6-3-4-8-15(11)18-16(13)12-7-2-1-5-10(12)14;7-5-3-1-2-4-6(5)8(9)10/h1-12H,13H2;5-13H,1-4H3;1-13H;1-9H;1-4H. The molecule has 1 aliphatic heterocycles. The Bertz CT molecular complexity index is 6680. The summed E-state index contributed by atoms with van der Waals surface area (Å²) in [6.07, 6.45) is 1.05. The lowest BCUT2D eigenvalue weighted by Crippen LogP contribution is -2.41. The van der Waals surface area contributed by atoms with E-state index in [-0.39, 0.29) is 34.6 Å². The first-order valence-corrected chi connectivity index (χ1v) is 39.0. The summed E-state index contributed by atoms with van der Waals surface area (Å²) < 4.78 is 25.1. The third-order valence-corrected chi connectivity index (χ3v) is 26.6. The Morgan fingerprint density at radius 1 is 0.346 bits per heavy atom. The van der Waals surface area contributed by atoms with Crippen molar-refractivity contribution in [3.05, 3.63) is 325 Å². The molecule has 0 amide bonds. The maximum atomic E-state index is 11.6. The number of thiophene rings is 4. The van der Waals surface area contributed by atoms with Crippen molar-refractivity contribution in [1.29, 1.82) is 0 Å². The van der Waals surface area contributed by atoms with Gasteiger partial charge in [-0.15, -0.1) is 45.3 Å². The van der Waals surface area contributed by atoms with Crippen LogP contribution in [0.5, 0.6) is 0 Å². The van der Waals surface area contributed by atoms with Gasteiger partial charge in [-0.05, 0) is 159 Å². The predicted octanol–water partition coefficient (Wildman–Crippen LogP) is 27.4. The van der Waals surface area contributed by atoms with Crippen LogP contribution in [0, 0.1) is 20.2 Å². The van der Waals surface area contributed by atoms with E-state index in [0.717, 1.165) is 33.6 Å². The van der Waals surface area contributed by atoms with Crippen molar-refractivity contribution in [1.82, 2.24) is 0 Å². The summed E-state index contributed by atoms with van der Waals surface area (Å²) in [5.74, 6) is 0. The van der Waals surface area contributed by atoms with Gasteiger partial charge in [0.15, 0.2) is 0 Å². The molecule has 19 aromatic rings. The number of nitro benzene ring substituents is 2. The Morgan fingerprint density at radius 3 is 1.26 bits per heavy atom. The number of benzene rings is 15. The first-order valence-electron chi connectivity index (χ1n) is 34.1. The van der Waals surface area contributed by atoms with Gasteiger partial charge in [-0.25, -0.2) is 0 Å². The van der Waals surface area contributed by atoms with Crippen LogP contribution in [-0.2, 0) is 15.7 Å². The van der Waals surface area contributed by atoms with Crippen molar-refractivity contribution >= 4 is 225 Å². The second kappa shape index (κ2) is 27.2. The summed E-state index contributed by atoms with van der Waals surface area (Å²) in [6.45, 7) is 8.42. The topological polar surface area (TPSA) is 105 Å². The van der Waals surface area contributed by atoms with Crippen molar-refractivity contribution in [2.45, 2.75) is 45.3 Å². The minimum atomic E-state index is -0.427. The fourth-order valence-corrected chi connectivity index (χ4v) is 20.7. The van der Waals surface area contributed by atoms with Crippen LogP contribution in [0.2, 0.25) is 0 Å². The van der Waals surface area contributed by atoms with Gasteiger partial charge in [0, 0.05) is 113 Å². The number of para-hydroxylation sites is 2. The van der Waals surface area contributed by atoms with Crippen molar-refractivity contribution in [2.75, 3.05) is 0 Å². The van der Waals surface area contributed by atoms with Gasteiger partial charge in [-0.2, -0.15) is 0 Å². The van der Waals surface area contributed by atoms with Crippen LogP contribution >= 0.6 is 77.2 Å². The first kappa shape index (κ1) is 67.2.